The van der Waals surface area contributed by atoms with Crippen LogP contribution in [0.4, 0.5) is 5.69 Å². The molecule has 0 saturated heterocycles. The highest BCUT2D eigenvalue weighted by Crippen LogP contribution is 2.27. The van der Waals surface area contributed by atoms with E-state index < -0.39 is 4.92 Å². The monoisotopic (exact) mass is 290 g/mol. The summed E-state index contributed by atoms with van der Waals surface area (Å²) < 4.78 is 6.91. The predicted octanol–water partition coefficient (Wildman–Crippen LogP) is 1.98. The van der Waals surface area contributed by atoms with Crippen molar-refractivity contribution in [1.29, 1.82) is 0 Å². The van der Waals surface area contributed by atoms with Crippen molar-refractivity contribution in [3.05, 3.63) is 52.3 Å². The number of benzene rings is 1. The number of rotatable bonds is 7. The van der Waals surface area contributed by atoms with Crippen LogP contribution in [0.15, 0.2) is 36.7 Å². The lowest BCUT2D eigenvalue weighted by atomic mass is 10.1. The summed E-state index contributed by atoms with van der Waals surface area (Å²) in [5, 5.41) is 18.3. The summed E-state index contributed by atoms with van der Waals surface area (Å²) in [7, 11) is 1.43. The summed E-state index contributed by atoms with van der Waals surface area (Å²) in [5.74, 6) is 0.277. The zero-order valence-corrected chi connectivity index (χ0v) is 12.0. The second kappa shape index (κ2) is 6.85. The van der Waals surface area contributed by atoms with Crippen LogP contribution in [-0.4, -0.2) is 27.9 Å². The summed E-state index contributed by atoms with van der Waals surface area (Å²) in [5.41, 5.74) is 0.913. The van der Waals surface area contributed by atoms with Gasteiger partial charge in [-0.25, -0.2) is 0 Å². The fourth-order valence-electron chi connectivity index (χ4n) is 2.03. The normalized spacial score (nSPS) is 12.1. The van der Waals surface area contributed by atoms with Crippen molar-refractivity contribution in [3.8, 4) is 5.75 Å². The molecule has 0 radical (unpaired) electrons. The number of nitro groups is 1. The Morgan fingerprint density at radius 3 is 2.95 bits per heavy atom. The van der Waals surface area contributed by atoms with Gasteiger partial charge in [-0.15, -0.1) is 0 Å². The Morgan fingerprint density at radius 1 is 1.52 bits per heavy atom. The van der Waals surface area contributed by atoms with E-state index in [0.717, 1.165) is 12.1 Å². The summed E-state index contributed by atoms with van der Waals surface area (Å²) in [6.07, 6.45) is 3.65. The minimum Gasteiger partial charge on any atom is -0.490 e. The number of ether oxygens (including phenoxy) is 1. The first-order valence-corrected chi connectivity index (χ1v) is 6.62. The number of methoxy groups -OCH3 is 1. The lowest BCUT2D eigenvalue weighted by Gasteiger charge is -2.14. The van der Waals surface area contributed by atoms with Crippen molar-refractivity contribution in [2.75, 3.05) is 7.11 Å². The molecule has 1 N–H and O–H groups in total. The van der Waals surface area contributed by atoms with Crippen molar-refractivity contribution >= 4 is 5.69 Å². The molecule has 7 nitrogen and oxygen atoms in total. The second-order valence-electron chi connectivity index (χ2n) is 4.77. The van der Waals surface area contributed by atoms with Crippen LogP contribution in [0.2, 0.25) is 0 Å². The molecule has 1 heterocycles. The van der Waals surface area contributed by atoms with E-state index in [2.05, 4.69) is 17.3 Å². The smallest absolute Gasteiger partial charge is 0.310 e. The molecule has 1 aromatic heterocycles. The SMILES string of the molecule is COc1cc(CN[C@H](C)Cn2cccn2)ccc1[N+](=O)[O-]. The van der Waals surface area contributed by atoms with E-state index in [1.807, 2.05) is 16.9 Å². The third-order valence-corrected chi connectivity index (χ3v) is 3.12. The first kappa shape index (κ1) is 15.0. The fraction of sp³-hybridized carbons (Fsp3) is 0.357. The lowest BCUT2D eigenvalue weighted by molar-refractivity contribution is -0.385. The van der Waals surface area contributed by atoms with Crippen LogP contribution in [0.3, 0.4) is 0 Å². The van der Waals surface area contributed by atoms with Crippen LogP contribution in [0.25, 0.3) is 0 Å². The van der Waals surface area contributed by atoms with Crippen LogP contribution >= 0.6 is 0 Å². The van der Waals surface area contributed by atoms with Gasteiger partial charge in [-0.05, 0) is 24.6 Å². The molecule has 0 spiro atoms. The quantitative estimate of drug-likeness (QED) is 0.623. The van der Waals surface area contributed by atoms with Crippen LogP contribution in [0.1, 0.15) is 12.5 Å². The van der Waals surface area contributed by atoms with Crippen LogP contribution in [0, 0.1) is 10.1 Å². The molecule has 1 aromatic carbocycles. The first-order valence-electron chi connectivity index (χ1n) is 6.62. The van der Waals surface area contributed by atoms with Gasteiger partial charge in [0.2, 0.25) is 0 Å². The predicted molar refractivity (Wildman–Crippen MR) is 78.2 cm³/mol. The Balaban J connectivity index is 1.95. The zero-order chi connectivity index (χ0) is 15.2. The van der Waals surface area contributed by atoms with E-state index in [4.69, 9.17) is 4.74 Å². The van der Waals surface area contributed by atoms with E-state index in [0.29, 0.717) is 6.54 Å². The highest BCUT2D eigenvalue weighted by molar-refractivity contribution is 5.48. The minimum atomic E-state index is -0.448. The Labute approximate surface area is 122 Å². The van der Waals surface area contributed by atoms with Crippen molar-refractivity contribution in [3.63, 3.8) is 0 Å². The van der Waals surface area contributed by atoms with Gasteiger partial charge in [0.15, 0.2) is 5.75 Å². The van der Waals surface area contributed by atoms with Gasteiger partial charge in [-0.2, -0.15) is 5.10 Å². The van der Waals surface area contributed by atoms with E-state index in [-0.39, 0.29) is 17.5 Å². The van der Waals surface area contributed by atoms with Gasteiger partial charge in [0.25, 0.3) is 0 Å². The maximum Gasteiger partial charge on any atom is 0.310 e. The van der Waals surface area contributed by atoms with Gasteiger partial charge in [-0.1, -0.05) is 6.07 Å². The van der Waals surface area contributed by atoms with Crippen LogP contribution in [0.5, 0.6) is 5.75 Å². The molecule has 0 aliphatic carbocycles. The molecule has 112 valence electrons. The summed E-state index contributed by atoms with van der Waals surface area (Å²) in [4.78, 5) is 10.4. The van der Waals surface area contributed by atoms with Crippen molar-refractivity contribution in [2.45, 2.75) is 26.1 Å². The molecular formula is C14H18N4O3. The van der Waals surface area contributed by atoms with E-state index in [9.17, 15) is 10.1 Å². The van der Waals surface area contributed by atoms with Gasteiger partial charge >= 0.3 is 5.69 Å². The third kappa shape index (κ3) is 4.03. The number of hydrogen-bond donors (Lipinski definition) is 1. The maximum absolute atomic E-state index is 10.8. The molecule has 0 fully saturated rings. The number of hydrogen-bond acceptors (Lipinski definition) is 5. The molecular weight excluding hydrogens is 272 g/mol. The molecule has 0 aliphatic heterocycles. The topological polar surface area (TPSA) is 82.2 Å². The van der Waals surface area contributed by atoms with Crippen molar-refractivity contribution in [1.82, 2.24) is 15.1 Å². The fourth-order valence-corrected chi connectivity index (χ4v) is 2.03. The van der Waals surface area contributed by atoms with Crippen LogP contribution in [-0.2, 0) is 13.1 Å². The number of nitrogens with one attached hydrogen (secondary N) is 1. The number of nitrogens with zero attached hydrogens (tertiary/aromatic N) is 3. The van der Waals surface area contributed by atoms with Crippen LogP contribution < -0.4 is 10.1 Å². The van der Waals surface area contributed by atoms with Crippen molar-refractivity contribution in [2.24, 2.45) is 0 Å². The summed E-state index contributed by atoms with van der Waals surface area (Å²) in [6, 6.07) is 6.99. The average Bonchev–Trinajstić information content (AvgIpc) is 2.97. The molecule has 0 amide bonds. The first-order chi connectivity index (χ1) is 10.1. The second-order valence-corrected chi connectivity index (χ2v) is 4.77. The van der Waals surface area contributed by atoms with Gasteiger partial charge in [-0.3, -0.25) is 14.8 Å². The highest BCUT2D eigenvalue weighted by Gasteiger charge is 2.14. The standard InChI is InChI=1S/C14H18N4O3/c1-11(10-17-7-3-6-16-17)15-9-12-4-5-13(18(19)20)14(8-12)21-2/h3-8,11,15H,9-10H2,1-2H3/t11-/m1/s1. The van der Waals surface area contributed by atoms with Gasteiger partial charge in [0, 0.05) is 31.0 Å². The van der Waals surface area contributed by atoms with E-state index in [1.54, 1.807) is 18.3 Å². The number of nitro benzene ring substituents is 1. The van der Waals surface area contributed by atoms with E-state index in [1.165, 1.54) is 13.2 Å². The van der Waals surface area contributed by atoms with Gasteiger partial charge in [0.1, 0.15) is 0 Å². The Kier molecular flexibility index (Phi) is 4.89. The molecule has 7 heteroatoms. The Bertz CT molecular complexity index is 598. The molecule has 0 bridgehead atoms. The zero-order valence-electron chi connectivity index (χ0n) is 12.0. The lowest BCUT2D eigenvalue weighted by Crippen LogP contribution is -2.30. The molecule has 21 heavy (non-hydrogen) atoms. The molecule has 2 aromatic rings. The molecule has 1 atom stereocenters. The largest absolute Gasteiger partial charge is 0.490 e. The van der Waals surface area contributed by atoms with Crippen molar-refractivity contribution < 1.29 is 9.66 Å². The average molecular weight is 290 g/mol. The molecule has 2 rings (SSSR count). The van der Waals surface area contributed by atoms with E-state index >= 15 is 0 Å². The molecule has 0 aliphatic rings. The maximum atomic E-state index is 10.8. The minimum absolute atomic E-state index is 0.0224. The highest BCUT2D eigenvalue weighted by atomic mass is 16.6. The summed E-state index contributed by atoms with van der Waals surface area (Å²) >= 11 is 0. The third-order valence-electron chi connectivity index (χ3n) is 3.12. The van der Waals surface area contributed by atoms with Gasteiger partial charge < -0.3 is 10.1 Å². The van der Waals surface area contributed by atoms with Gasteiger partial charge in [0.05, 0.1) is 18.6 Å². The molecule has 0 saturated carbocycles. The Hall–Kier alpha value is -2.41. The molecule has 0 unspecified atom stereocenters. The Morgan fingerprint density at radius 2 is 2.33 bits per heavy atom. The summed E-state index contributed by atoms with van der Waals surface area (Å²) in [6.45, 7) is 3.43. The number of aromatic nitrogens is 2.